The van der Waals surface area contributed by atoms with Gasteiger partial charge < -0.3 is 9.30 Å². The molecule has 0 radical (unpaired) electrons. The summed E-state index contributed by atoms with van der Waals surface area (Å²) in [6, 6.07) is 12.1. The zero-order valence-electron chi connectivity index (χ0n) is 7.47. The Labute approximate surface area is 77.4 Å². The number of hydrogen-bond acceptors (Lipinski definition) is 1. The van der Waals surface area contributed by atoms with E-state index in [0.29, 0.717) is 0 Å². The predicted molar refractivity (Wildman–Crippen MR) is 52.3 cm³/mol. The Bertz CT molecular complexity index is 378. The highest BCUT2D eigenvalue weighted by molar-refractivity contribution is 5.34. The van der Waals surface area contributed by atoms with Gasteiger partial charge in [0, 0.05) is 11.9 Å². The standard InChI is InChI=1S/C11H11NO/c1-13-11-7-8-12(9-11)10-5-3-2-4-6-10/h2-9H,1H3. The molecule has 2 aromatic rings. The van der Waals surface area contributed by atoms with Crippen molar-refractivity contribution in [3.05, 3.63) is 48.8 Å². The smallest absolute Gasteiger partial charge is 0.136 e. The van der Waals surface area contributed by atoms with Crippen molar-refractivity contribution < 1.29 is 4.74 Å². The fourth-order valence-corrected chi connectivity index (χ4v) is 1.26. The van der Waals surface area contributed by atoms with Crippen molar-refractivity contribution in [1.82, 2.24) is 4.57 Å². The molecule has 2 rings (SSSR count). The van der Waals surface area contributed by atoms with Crippen LogP contribution in [0.3, 0.4) is 0 Å². The Hall–Kier alpha value is -1.70. The van der Waals surface area contributed by atoms with E-state index >= 15 is 0 Å². The van der Waals surface area contributed by atoms with Gasteiger partial charge in [0.1, 0.15) is 5.75 Å². The number of para-hydroxylation sites is 1. The van der Waals surface area contributed by atoms with Crippen LogP contribution >= 0.6 is 0 Å². The molecule has 0 saturated carbocycles. The van der Waals surface area contributed by atoms with Gasteiger partial charge in [-0.05, 0) is 18.2 Å². The first kappa shape index (κ1) is 7.92. The van der Waals surface area contributed by atoms with Crippen LogP contribution in [0.25, 0.3) is 5.69 Å². The molecule has 0 N–H and O–H groups in total. The van der Waals surface area contributed by atoms with Crippen LogP contribution in [0.1, 0.15) is 0 Å². The van der Waals surface area contributed by atoms with Crippen LogP contribution in [-0.2, 0) is 0 Å². The third-order valence-electron chi connectivity index (χ3n) is 1.96. The summed E-state index contributed by atoms with van der Waals surface area (Å²) in [6.45, 7) is 0. The van der Waals surface area contributed by atoms with Crippen LogP contribution < -0.4 is 4.74 Å². The summed E-state index contributed by atoms with van der Waals surface area (Å²) in [6.07, 6.45) is 3.93. The maximum Gasteiger partial charge on any atom is 0.136 e. The van der Waals surface area contributed by atoms with Crippen LogP contribution in [0.4, 0.5) is 0 Å². The van der Waals surface area contributed by atoms with Gasteiger partial charge in [0.05, 0.1) is 13.3 Å². The van der Waals surface area contributed by atoms with E-state index in [4.69, 9.17) is 4.74 Å². The number of nitrogens with zero attached hydrogens (tertiary/aromatic N) is 1. The molecule has 1 aromatic heterocycles. The van der Waals surface area contributed by atoms with E-state index < -0.39 is 0 Å². The molecule has 0 aliphatic carbocycles. The van der Waals surface area contributed by atoms with Crippen molar-refractivity contribution >= 4 is 0 Å². The summed E-state index contributed by atoms with van der Waals surface area (Å²) in [7, 11) is 1.67. The van der Waals surface area contributed by atoms with E-state index in [1.54, 1.807) is 7.11 Å². The Morgan fingerprint density at radius 2 is 1.85 bits per heavy atom. The third kappa shape index (κ3) is 1.56. The van der Waals surface area contributed by atoms with Gasteiger partial charge in [0.25, 0.3) is 0 Å². The fourth-order valence-electron chi connectivity index (χ4n) is 1.26. The molecule has 1 heterocycles. The molecule has 0 fully saturated rings. The van der Waals surface area contributed by atoms with E-state index in [1.807, 2.05) is 41.2 Å². The van der Waals surface area contributed by atoms with Crippen molar-refractivity contribution in [2.45, 2.75) is 0 Å². The summed E-state index contributed by atoms with van der Waals surface area (Å²) in [5.41, 5.74) is 1.14. The van der Waals surface area contributed by atoms with Gasteiger partial charge in [0.2, 0.25) is 0 Å². The number of methoxy groups -OCH3 is 1. The largest absolute Gasteiger partial charge is 0.495 e. The lowest BCUT2D eigenvalue weighted by Crippen LogP contribution is -1.87. The molecule has 0 aliphatic heterocycles. The molecular weight excluding hydrogens is 162 g/mol. The van der Waals surface area contributed by atoms with Crippen molar-refractivity contribution in [2.75, 3.05) is 7.11 Å². The fraction of sp³-hybridized carbons (Fsp3) is 0.0909. The number of aromatic nitrogens is 1. The summed E-state index contributed by atoms with van der Waals surface area (Å²) in [5.74, 6) is 0.879. The Balaban J connectivity index is 2.36. The van der Waals surface area contributed by atoms with Crippen molar-refractivity contribution in [3.63, 3.8) is 0 Å². The van der Waals surface area contributed by atoms with Gasteiger partial charge in [-0.2, -0.15) is 0 Å². The lowest BCUT2D eigenvalue weighted by atomic mass is 10.3. The van der Waals surface area contributed by atoms with Crippen molar-refractivity contribution in [3.8, 4) is 11.4 Å². The molecule has 66 valence electrons. The second-order valence-corrected chi connectivity index (χ2v) is 2.79. The first-order chi connectivity index (χ1) is 6.40. The topological polar surface area (TPSA) is 14.2 Å². The molecule has 0 bridgehead atoms. The third-order valence-corrected chi connectivity index (χ3v) is 1.96. The molecule has 0 saturated heterocycles. The van der Waals surface area contributed by atoms with E-state index in [9.17, 15) is 0 Å². The zero-order valence-corrected chi connectivity index (χ0v) is 7.47. The molecule has 0 amide bonds. The SMILES string of the molecule is COc1ccn(-c2ccccc2)c1. The molecule has 0 atom stereocenters. The van der Waals surface area contributed by atoms with Crippen LogP contribution in [0.5, 0.6) is 5.75 Å². The van der Waals surface area contributed by atoms with Crippen LogP contribution in [-0.4, -0.2) is 11.7 Å². The van der Waals surface area contributed by atoms with Gasteiger partial charge in [-0.15, -0.1) is 0 Å². The quantitative estimate of drug-likeness (QED) is 0.680. The van der Waals surface area contributed by atoms with Gasteiger partial charge >= 0.3 is 0 Å². The molecule has 1 aromatic carbocycles. The second-order valence-electron chi connectivity index (χ2n) is 2.79. The van der Waals surface area contributed by atoms with E-state index in [2.05, 4.69) is 12.1 Å². The minimum absolute atomic E-state index is 0.879. The maximum atomic E-state index is 5.10. The van der Waals surface area contributed by atoms with Crippen LogP contribution in [0.15, 0.2) is 48.8 Å². The normalized spacial score (nSPS) is 9.92. The first-order valence-corrected chi connectivity index (χ1v) is 4.17. The van der Waals surface area contributed by atoms with Gasteiger partial charge in [-0.25, -0.2) is 0 Å². The van der Waals surface area contributed by atoms with Crippen LogP contribution in [0, 0.1) is 0 Å². The van der Waals surface area contributed by atoms with Gasteiger partial charge in [-0.1, -0.05) is 18.2 Å². The predicted octanol–water partition coefficient (Wildman–Crippen LogP) is 2.49. The molecule has 13 heavy (non-hydrogen) atoms. The number of benzene rings is 1. The average molecular weight is 173 g/mol. The Morgan fingerprint density at radius 1 is 1.08 bits per heavy atom. The number of rotatable bonds is 2. The minimum Gasteiger partial charge on any atom is -0.495 e. The maximum absolute atomic E-state index is 5.10. The average Bonchev–Trinajstić information content (AvgIpc) is 2.67. The molecule has 0 unspecified atom stereocenters. The molecule has 0 spiro atoms. The summed E-state index contributed by atoms with van der Waals surface area (Å²) in [4.78, 5) is 0. The summed E-state index contributed by atoms with van der Waals surface area (Å²) >= 11 is 0. The summed E-state index contributed by atoms with van der Waals surface area (Å²) < 4.78 is 7.12. The van der Waals surface area contributed by atoms with Crippen LogP contribution in [0.2, 0.25) is 0 Å². The van der Waals surface area contributed by atoms with Gasteiger partial charge in [-0.3, -0.25) is 0 Å². The first-order valence-electron chi connectivity index (χ1n) is 4.17. The van der Waals surface area contributed by atoms with E-state index in [1.165, 1.54) is 0 Å². The van der Waals surface area contributed by atoms with E-state index in [-0.39, 0.29) is 0 Å². The molecule has 2 heteroatoms. The Morgan fingerprint density at radius 3 is 2.46 bits per heavy atom. The van der Waals surface area contributed by atoms with Crippen molar-refractivity contribution in [2.24, 2.45) is 0 Å². The molecular formula is C11H11NO. The monoisotopic (exact) mass is 173 g/mol. The lowest BCUT2D eigenvalue weighted by molar-refractivity contribution is 0.415. The van der Waals surface area contributed by atoms with Crippen molar-refractivity contribution in [1.29, 1.82) is 0 Å². The van der Waals surface area contributed by atoms with Gasteiger partial charge in [0.15, 0.2) is 0 Å². The Kier molecular flexibility index (Phi) is 2.04. The highest BCUT2D eigenvalue weighted by atomic mass is 16.5. The lowest BCUT2D eigenvalue weighted by Gasteiger charge is -2.00. The second kappa shape index (κ2) is 3.35. The number of ether oxygens (including phenoxy) is 1. The minimum atomic E-state index is 0.879. The number of hydrogen-bond donors (Lipinski definition) is 0. The highest BCUT2D eigenvalue weighted by Gasteiger charge is 1.96. The molecule has 2 nitrogen and oxygen atoms in total. The summed E-state index contributed by atoms with van der Waals surface area (Å²) in [5, 5.41) is 0. The zero-order chi connectivity index (χ0) is 9.10. The van der Waals surface area contributed by atoms with E-state index in [0.717, 1.165) is 11.4 Å². The molecule has 0 aliphatic rings. The highest BCUT2D eigenvalue weighted by Crippen LogP contribution is 2.14.